The summed E-state index contributed by atoms with van der Waals surface area (Å²) in [4.78, 5) is 19.7. The zero-order valence-electron chi connectivity index (χ0n) is 21.8. The number of furan rings is 1. The molecule has 0 spiro atoms. The van der Waals surface area contributed by atoms with E-state index in [4.69, 9.17) is 28.2 Å². The van der Waals surface area contributed by atoms with E-state index in [1.54, 1.807) is 6.20 Å². The van der Waals surface area contributed by atoms with Crippen LogP contribution in [0.3, 0.4) is 0 Å². The molecule has 1 aliphatic rings. The van der Waals surface area contributed by atoms with Crippen LogP contribution in [-0.4, -0.2) is 27.4 Å². The van der Waals surface area contributed by atoms with E-state index in [2.05, 4.69) is 15.6 Å². The lowest BCUT2D eigenvalue weighted by molar-refractivity contribution is -0.116. The number of aryl methyl sites for hydroxylation is 1. The number of aromatic nitrogens is 1. The summed E-state index contributed by atoms with van der Waals surface area (Å²) in [7, 11) is 0. The number of amides is 1. The van der Waals surface area contributed by atoms with Crippen molar-refractivity contribution in [1.29, 1.82) is 0 Å². The quantitative estimate of drug-likeness (QED) is 0.199. The van der Waals surface area contributed by atoms with Gasteiger partial charge < -0.3 is 20.0 Å². The van der Waals surface area contributed by atoms with Gasteiger partial charge in [-0.2, -0.15) is 0 Å². The van der Waals surface area contributed by atoms with Crippen LogP contribution in [0, 0.1) is 6.92 Å². The number of hydrogen-bond acceptors (Lipinski definition) is 4. The van der Waals surface area contributed by atoms with Crippen LogP contribution in [0.4, 0.5) is 5.69 Å². The number of thiocarbonyl (C=S) groups is 1. The van der Waals surface area contributed by atoms with Crippen LogP contribution in [0.15, 0.2) is 102 Å². The van der Waals surface area contributed by atoms with Gasteiger partial charge in [0.15, 0.2) is 5.11 Å². The number of nitrogens with zero attached hydrogens (tertiary/aromatic N) is 2. The minimum absolute atomic E-state index is 0.0890. The molecule has 200 valence electrons. The number of rotatable bonds is 7. The predicted octanol–water partition coefficient (Wildman–Crippen LogP) is 7.46. The van der Waals surface area contributed by atoms with E-state index in [-0.39, 0.29) is 24.4 Å². The third kappa shape index (κ3) is 5.18. The lowest BCUT2D eigenvalue weighted by Crippen LogP contribution is -2.32. The summed E-state index contributed by atoms with van der Waals surface area (Å²) in [6, 6.07) is 28.8. The summed E-state index contributed by atoms with van der Waals surface area (Å²) >= 11 is 12.1. The molecule has 1 amide bonds. The summed E-state index contributed by atoms with van der Waals surface area (Å²) < 4.78 is 6.44. The Hall–Kier alpha value is -4.20. The summed E-state index contributed by atoms with van der Waals surface area (Å²) in [6.45, 7) is 2.43. The number of fused-ring (bicyclic) bond motifs is 1. The Balaban J connectivity index is 1.27. The van der Waals surface area contributed by atoms with Crippen LogP contribution in [-0.2, 0) is 4.79 Å². The number of carbonyl (C=O) groups excluding carboxylic acids is 1. The molecule has 0 saturated carbocycles. The van der Waals surface area contributed by atoms with Crippen molar-refractivity contribution >= 4 is 51.3 Å². The van der Waals surface area contributed by atoms with Gasteiger partial charge in [-0.1, -0.05) is 60.1 Å². The predicted molar refractivity (Wildman–Crippen MR) is 163 cm³/mol. The fourth-order valence-corrected chi connectivity index (χ4v) is 5.74. The molecule has 0 unspecified atom stereocenters. The zero-order chi connectivity index (χ0) is 27.6. The van der Waals surface area contributed by atoms with Crippen molar-refractivity contribution in [2.45, 2.75) is 25.4 Å². The van der Waals surface area contributed by atoms with Crippen LogP contribution < -0.4 is 10.6 Å². The van der Waals surface area contributed by atoms with Crippen LogP contribution >= 0.6 is 23.8 Å². The average Bonchev–Trinajstić information content (AvgIpc) is 3.58. The van der Waals surface area contributed by atoms with Gasteiger partial charge >= 0.3 is 0 Å². The van der Waals surface area contributed by atoms with E-state index in [1.807, 2.05) is 103 Å². The SMILES string of the molecule is Cc1ccc(Cl)cc1-c1ccc([C@H]2[C@@H](c3ccccn3)NC(=S)N2CCC(=O)Nc2cccc3ccccc23)o1. The first-order valence-electron chi connectivity index (χ1n) is 13.1. The van der Waals surface area contributed by atoms with E-state index in [1.165, 1.54) is 0 Å². The highest BCUT2D eigenvalue weighted by Gasteiger charge is 2.41. The largest absolute Gasteiger partial charge is 0.459 e. The first-order chi connectivity index (χ1) is 19.5. The lowest BCUT2D eigenvalue weighted by atomic mass is 10.0. The topological polar surface area (TPSA) is 70.4 Å². The summed E-state index contributed by atoms with van der Waals surface area (Å²) in [5.41, 5.74) is 3.63. The molecule has 3 aromatic carbocycles. The molecule has 0 aliphatic carbocycles. The molecule has 3 heterocycles. The monoisotopic (exact) mass is 566 g/mol. The highest BCUT2D eigenvalue weighted by atomic mass is 35.5. The van der Waals surface area contributed by atoms with Crippen molar-refractivity contribution in [3.05, 3.63) is 119 Å². The lowest BCUT2D eigenvalue weighted by Gasteiger charge is -2.26. The van der Waals surface area contributed by atoms with Crippen molar-refractivity contribution in [2.75, 3.05) is 11.9 Å². The Bertz CT molecular complexity index is 1700. The number of pyridine rings is 1. The average molecular weight is 567 g/mol. The van der Waals surface area contributed by atoms with Gasteiger partial charge in [-0.3, -0.25) is 9.78 Å². The van der Waals surface area contributed by atoms with Crippen molar-refractivity contribution in [3.8, 4) is 11.3 Å². The first kappa shape index (κ1) is 26.0. The molecule has 1 saturated heterocycles. The zero-order valence-corrected chi connectivity index (χ0v) is 23.4. The van der Waals surface area contributed by atoms with Crippen LogP contribution in [0.2, 0.25) is 5.02 Å². The van der Waals surface area contributed by atoms with Crippen molar-refractivity contribution < 1.29 is 9.21 Å². The molecule has 5 aromatic rings. The minimum Gasteiger partial charge on any atom is -0.459 e. The van der Waals surface area contributed by atoms with Gasteiger partial charge in [-0.05, 0) is 72.6 Å². The molecule has 8 heteroatoms. The Morgan fingerprint density at radius 2 is 1.88 bits per heavy atom. The number of nitrogens with one attached hydrogen (secondary N) is 2. The molecule has 6 nitrogen and oxygen atoms in total. The van der Waals surface area contributed by atoms with Gasteiger partial charge in [0.25, 0.3) is 0 Å². The third-order valence-electron chi connectivity index (χ3n) is 7.22. The van der Waals surface area contributed by atoms with Gasteiger partial charge in [0, 0.05) is 40.8 Å². The van der Waals surface area contributed by atoms with Gasteiger partial charge in [0.2, 0.25) is 5.91 Å². The van der Waals surface area contributed by atoms with Crippen LogP contribution in [0.25, 0.3) is 22.1 Å². The fourth-order valence-electron chi connectivity index (χ4n) is 5.24. The molecule has 2 atom stereocenters. The molecule has 6 rings (SSSR count). The second-order valence-corrected chi connectivity index (χ2v) is 10.6. The fraction of sp³-hybridized carbons (Fsp3) is 0.156. The minimum atomic E-state index is -0.291. The molecular weight excluding hydrogens is 540 g/mol. The Labute approximate surface area is 243 Å². The highest BCUT2D eigenvalue weighted by molar-refractivity contribution is 7.80. The standard InChI is InChI=1S/C32H27ClN4O2S/c1-20-12-13-22(33)19-24(20)27-14-15-28(39-27)31-30(26-10-4-5-17-34-26)36-32(40)37(31)18-16-29(38)35-25-11-6-8-21-7-2-3-9-23(21)25/h2-15,17,19,30-31H,16,18H2,1H3,(H,35,38)(H,36,40)/t30-,31+/m1/s1. The molecular formula is C32H27ClN4O2S. The maximum Gasteiger partial charge on any atom is 0.226 e. The maximum absolute atomic E-state index is 13.1. The number of halogens is 1. The van der Waals surface area contributed by atoms with Crippen LogP contribution in [0.1, 0.15) is 35.5 Å². The number of anilines is 1. The molecule has 1 fully saturated rings. The van der Waals surface area contributed by atoms with Crippen molar-refractivity contribution in [2.24, 2.45) is 0 Å². The van der Waals surface area contributed by atoms with E-state index in [9.17, 15) is 4.79 Å². The summed E-state index contributed by atoms with van der Waals surface area (Å²) in [5.74, 6) is 1.36. The molecule has 2 aromatic heterocycles. The van der Waals surface area contributed by atoms with Crippen molar-refractivity contribution in [3.63, 3.8) is 0 Å². The smallest absolute Gasteiger partial charge is 0.226 e. The van der Waals surface area contributed by atoms with Gasteiger partial charge in [-0.25, -0.2) is 0 Å². The first-order valence-corrected chi connectivity index (χ1v) is 13.9. The molecule has 40 heavy (non-hydrogen) atoms. The maximum atomic E-state index is 13.1. The van der Waals surface area contributed by atoms with Gasteiger partial charge in [-0.15, -0.1) is 0 Å². The Morgan fingerprint density at radius 1 is 1.05 bits per heavy atom. The van der Waals surface area contributed by atoms with E-state index >= 15 is 0 Å². The summed E-state index contributed by atoms with van der Waals surface area (Å²) in [5, 5.41) is 9.78. The summed E-state index contributed by atoms with van der Waals surface area (Å²) in [6.07, 6.45) is 2.01. The second kappa shape index (κ2) is 11.1. The number of benzene rings is 3. The Kier molecular flexibility index (Phi) is 7.24. The van der Waals surface area contributed by atoms with E-state index in [0.29, 0.717) is 16.7 Å². The van der Waals surface area contributed by atoms with E-state index < -0.39 is 0 Å². The molecule has 2 N–H and O–H groups in total. The third-order valence-corrected chi connectivity index (χ3v) is 7.81. The molecule has 1 aliphatic heterocycles. The molecule has 0 radical (unpaired) electrons. The number of carbonyl (C=O) groups is 1. The molecule has 0 bridgehead atoms. The second-order valence-electron chi connectivity index (χ2n) is 9.81. The normalized spacial score (nSPS) is 16.8. The van der Waals surface area contributed by atoms with Crippen molar-refractivity contribution in [1.82, 2.24) is 15.2 Å². The highest BCUT2D eigenvalue weighted by Crippen LogP contribution is 2.41. The van der Waals surface area contributed by atoms with Gasteiger partial charge in [0.05, 0.1) is 11.7 Å². The van der Waals surface area contributed by atoms with E-state index in [0.717, 1.165) is 44.8 Å². The van der Waals surface area contributed by atoms with Gasteiger partial charge in [0.1, 0.15) is 17.6 Å². The number of hydrogen-bond donors (Lipinski definition) is 2. The Morgan fingerprint density at radius 3 is 2.73 bits per heavy atom. The van der Waals surface area contributed by atoms with Crippen LogP contribution in [0.5, 0.6) is 0 Å².